The van der Waals surface area contributed by atoms with Gasteiger partial charge in [-0.2, -0.15) is 17.6 Å². The Kier molecular flexibility index (Phi) is 6.60. The third kappa shape index (κ3) is 5.62. The molecule has 9 heteroatoms. The molecule has 2 heterocycles. The molecule has 0 radical (unpaired) electrons. The Bertz CT molecular complexity index is 754. The second-order valence-electron chi connectivity index (χ2n) is 9.36. The number of anilines is 1. The van der Waals surface area contributed by atoms with Crippen molar-refractivity contribution in [3.63, 3.8) is 0 Å². The van der Waals surface area contributed by atoms with Crippen molar-refractivity contribution in [2.75, 3.05) is 37.6 Å². The molecule has 1 aromatic heterocycles. The van der Waals surface area contributed by atoms with Crippen LogP contribution in [0.1, 0.15) is 50.5 Å². The van der Waals surface area contributed by atoms with Gasteiger partial charge in [-0.1, -0.05) is 20.8 Å². The summed E-state index contributed by atoms with van der Waals surface area (Å²) in [5.41, 5.74) is 0.235. The SMILES string of the molecule is CC(C)(C)C1CCC(N2CCN(c3ccc(C(=O)NCC(F)(F)F)nc3F)CC2)C1. The van der Waals surface area contributed by atoms with Gasteiger partial charge in [0.25, 0.3) is 5.91 Å². The van der Waals surface area contributed by atoms with Crippen molar-refractivity contribution in [2.45, 2.75) is 52.3 Å². The van der Waals surface area contributed by atoms with Gasteiger partial charge in [0, 0.05) is 32.2 Å². The molecule has 2 aliphatic rings. The van der Waals surface area contributed by atoms with Gasteiger partial charge in [0.2, 0.25) is 5.95 Å². The third-order valence-electron chi connectivity index (χ3n) is 6.31. The summed E-state index contributed by atoms with van der Waals surface area (Å²) in [5, 5.41) is 1.70. The molecule has 1 saturated heterocycles. The molecule has 1 amide bonds. The molecule has 1 aromatic rings. The van der Waals surface area contributed by atoms with E-state index >= 15 is 0 Å². The summed E-state index contributed by atoms with van der Waals surface area (Å²) < 4.78 is 51.1. The highest BCUT2D eigenvalue weighted by Crippen LogP contribution is 2.41. The van der Waals surface area contributed by atoms with Gasteiger partial charge >= 0.3 is 6.18 Å². The predicted octanol–water partition coefficient (Wildman–Crippen LogP) is 3.85. The Hall–Kier alpha value is -1.90. The van der Waals surface area contributed by atoms with E-state index in [-0.39, 0.29) is 11.4 Å². The molecule has 0 spiro atoms. The normalized spacial score (nSPS) is 23.6. The summed E-state index contributed by atoms with van der Waals surface area (Å²) in [7, 11) is 0. The zero-order valence-corrected chi connectivity index (χ0v) is 17.7. The van der Waals surface area contributed by atoms with Crippen LogP contribution in [0.15, 0.2) is 12.1 Å². The van der Waals surface area contributed by atoms with Crippen LogP contribution in [-0.2, 0) is 0 Å². The maximum Gasteiger partial charge on any atom is 0.405 e. The maximum absolute atomic E-state index is 14.5. The van der Waals surface area contributed by atoms with Gasteiger partial charge in [-0.05, 0) is 42.7 Å². The molecule has 1 saturated carbocycles. The molecule has 1 aliphatic carbocycles. The Morgan fingerprint density at radius 2 is 1.80 bits per heavy atom. The zero-order valence-electron chi connectivity index (χ0n) is 17.7. The van der Waals surface area contributed by atoms with Crippen LogP contribution in [0.5, 0.6) is 0 Å². The molecule has 168 valence electrons. The molecule has 0 aromatic carbocycles. The van der Waals surface area contributed by atoms with Gasteiger partial charge in [0.1, 0.15) is 12.2 Å². The number of halogens is 4. The maximum atomic E-state index is 14.5. The number of hydrogen-bond donors (Lipinski definition) is 1. The van der Waals surface area contributed by atoms with Crippen molar-refractivity contribution in [2.24, 2.45) is 11.3 Å². The lowest BCUT2D eigenvalue weighted by Crippen LogP contribution is -2.50. The van der Waals surface area contributed by atoms with Crippen molar-refractivity contribution >= 4 is 11.6 Å². The Labute approximate surface area is 174 Å². The highest BCUT2D eigenvalue weighted by molar-refractivity contribution is 5.92. The molecule has 0 bridgehead atoms. The lowest BCUT2D eigenvalue weighted by molar-refractivity contribution is -0.123. The topological polar surface area (TPSA) is 48.5 Å². The first-order valence-electron chi connectivity index (χ1n) is 10.4. The standard InChI is InChI=1S/C21H30F4N4O/c1-20(2,3)14-4-5-15(12-14)28-8-10-29(11-9-28)17-7-6-16(27-18(17)22)19(30)26-13-21(23,24)25/h6-7,14-15H,4-5,8-13H2,1-3H3,(H,26,30). The molecule has 1 N–H and O–H groups in total. The summed E-state index contributed by atoms with van der Waals surface area (Å²) in [6.45, 7) is 8.35. The van der Waals surface area contributed by atoms with Crippen molar-refractivity contribution in [1.82, 2.24) is 15.2 Å². The highest BCUT2D eigenvalue weighted by atomic mass is 19.4. The van der Waals surface area contributed by atoms with Gasteiger partial charge in [-0.25, -0.2) is 4.98 Å². The highest BCUT2D eigenvalue weighted by Gasteiger charge is 2.36. The molecule has 2 unspecified atom stereocenters. The van der Waals surface area contributed by atoms with E-state index in [1.807, 2.05) is 4.90 Å². The zero-order chi connectivity index (χ0) is 22.1. The molecule has 30 heavy (non-hydrogen) atoms. The first kappa shape index (κ1) is 22.8. The third-order valence-corrected chi connectivity index (χ3v) is 6.31. The minimum Gasteiger partial charge on any atom is -0.365 e. The minimum absolute atomic E-state index is 0.279. The number of nitrogens with one attached hydrogen (secondary N) is 1. The molecule has 5 nitrogen and oxygen atoms in total. The number of amides is 1. The van der Waals surface area contributed by atoms with Crippen molar-refractivity contribution in [3.8, 4) is 0 Å². The lowest BCUT2D eigenvalue weighted by atomic mass is 9.79. The van der Waals surface area contributed by atoms with E-state index in [2.05, 4.69) is 30.7 Å². The Morgan fingerprint density at radius 1 is 1.13 bits per heavy atom. The number of nitrogens with zero attached hydrogens (tertiary/aromatic N) is 3. The second-order valence-corrected chi connectivity index (χ2v) is 9.36. The number of carbonyl (C=O) groups is 1. The summed E-state index contributed by atoms with van der Waals surface area (Å²) in [5.74, 6) is -1.16. The molecule has 1 aliphatic heterocycles. The number of rotatable bonds is 4. The number of carbonyl (C=O) groups excluding carboxylic acids is 1. The largest absolute Gasteiger partial charge is 0.405 e. The van der Waals surface area contributed by atoms with Crippen LogP contribution in [0.2, 0.25) is 0 Å². The number of alkyl halides is 3. The lowest BCUT2D eigenvalue weighted by Gasteiger charge is -2.39. The van der Waals surface area contributed by atoms with Gasteiger partial charge in [0.05, 0.1) is 5.69 Å². The molecular formula is C21H30F4N4O. The van der Waals surface area contributed by atoms with E-state index < -0.39 is 24.6 Å². The Morgan fingerprint density at radius 3 is 2.33 bits per heavy atom. The van der Waals surface area contributed by atoms with Crippen molar-refractivity contribution in [1.29, 1.82) is 0 Å². The van der Waals surface area contributed by atoms with Crippen LogP contribution in [0.4, 0.5) is 23.2 Å². The summed E-state index contributed by atoms with van der Waals surface area (Å²) in [6.07, 6.45) is -0.897. The fourth-order valence-corrected chi connectivity index (χ4v) is 4.46. The number of pyridine rings is 1. The fourth-order valence-electron chi connectivity index (χ4n) is 4.46. The fraction of sp³-hybridized carbons (Fsp3) is 0.714. The van der Waals surface area contributed by atoms with Crippen LogP contribution in [0.25, 0.3) is 0 Å². The van der Waals surface area contributed by atoms with Crippen LogP contribution in [-0.4, -0.2) is 60.7 Å². The van der Waals surface area contributed by atoms with Crippen LogP contribution >= 0.6 is 0 Å². The van der Waals surface area contributed by atoms with Gasteiger partial charge < -0.3 is 10.2 Å². The average Bonchev–Trinajstić information content (AvgIpc) is 3.16. The van der Waals surface area contributed by atoms with Crippen molar-refractivity contribution in [3.05, 3.63) is 23.8 Å². The summed E-state index contributed by atoms with van der Waals surface area (Å²) in [6, 6.07) is 3.26. The quantitative estimate of drug-likeness (QED) is 0.582. The second kappa shape index (κ2) is 8.69. The molecule has 2 atom stereocenters. The van der Waals surface area contributed by atoms with E-state index in [1.54, 1.807) is 5.32 Å². The summed E-state index contributed by atoms with van der Waals surface area (Å²) >= 11 is 0. The first-order valence-corrected chi connectivity index (χ1v) is 10.4. The van der Waals surface area contributed by atoms with Gasteiger partial charge in [-0.3, -0.25) is 9.69 Å². The van der Waals surface area contributed by atoms with E-state index in [1.165, 1.54) is 31.4 Å². The molecular weight excluding hydrogens is 400 g/mol. The smallest absolute Gasteiger partial charge is 0.365 e. The monoisotopic (exact) mass is 430 g/mol. The van der Waals surface area contributed by atoms with Crippen LogP contribution in [0, 0.1) is 17.3 Å². The minimum atomic E-state index is -4.53. The number of hydrogen-bond acceptors (Lipinski definition) is 4. The predicted molar refractivity (Wildman–Crippen MR) is 107 cm³/mol. The average molecular weight is 430 g/mol. The molecule has 3 rings (SSSR count). The van der Waals surface area contributed by atoms with Crippen LogP contribution in [0.3, 0.4) is 0 Å². The molecule has 2 fully saturated rings. The van der Waals surface area contributed by atoms with Crippen LogP contribution < -0.4 is 10.2 Å². The summed E-state index contributed by atoms with van der Waals surface area (Å²) in [4.78, 5) is 19.7. The van der Waals surface area contributed by atoms with Crippen molar-refractivity contribution < 1.29 is 22.4 Å². The Balaban J connectivity index is 1.55. The number of aromatic nitrogens is 1. The first-order chi connectivity index (χ1) is 13.9. The van der Waals surface area contributed by atoms with Gasteiger partial charge in [-0.15, -0.1) is 0 Å². The van der Waals surface area contributed by atoms with E-state index in [9.17, 15) is 22.4 Å². The van der Waals surface area contributed by atoms with E-state index in [0.29, 0.717) is 24.5 Å². The van der Waals surface area contributed by atoms with Gasteiger partial charge in [0.15, 0.2) is 0 Å². The number of piperazine rings is 1. The van der Waals surface area contributed by atoms with E-state index in [4.69, 9.17) is 0 Å². The van der Waals surface area contributed by atoms with E-state index in [0.717, 1.165) is 19.0 Å².